The van der Waals surface area contributed by atoms with E-state index in [1.165, 1.54) is 0 Å². The third-order valence-electron chi connectivity index (χ3n) is 3.33. The number of nitrogens with zero attached hydrogens (tertiary/aromatic N) is 2. The van der Waals surface area contributed by atoms with Crippen LogP contribution >= 0.6 is 12.6 Å². The van der Waals surface area contributed by atoms with Gasteiger partial charge in [0, 0.05) is 25.4 Å². The van der Waals surface area contributed by atoms with Gasteiger partial charge < -0.3 is 4.90 Å². The molecule has 0 aromatic carbocycles. The van der Waals surface area contributed by atoms with Crippen LogP contribution in [0.5, 0.6) is 0 Å². The molecule has 0 spiro atoms. The molecule has 0 aliphatic carbocycles. The van der Waals surface area contributed by atoms with Gasteiger partial charge in [0.15, 0.2) is 0 Å². The Balaban J connectivity index is 2.17. The van der Waals surface area contributed by atoms with Crippen molar-refractivity contribution in [3.05, 3.63) is 30.1 Å². The predicted octanol–water partition coefficient (Wildman–Crippen LogP) is 2.31. The van der Waals surface area contributed by atoms with E-state index in [0.717, 1.165) is 24.3 Å². The fourth-order valence-electron chi connectivity index (χ4n) is 2.44. The van der Waals surface area contributed by atoms with Crippen LogP contribution < -0.4 is 0 Å². The zero-order chi connectivity index (χ0) is 12.3. The molecule has 0 bridgehead atoms. The Hall–Kier alpha value is -1.03. The average Bonchev–Trinajstić information content (AvgIpc) is 2.73. The van der Waals surface area contributed by atoms with Crippen molar-refractivity contribution >= 4 is 18.5 Å². The fraction of sp³-hybridized carbons (Fsp3) is 0.538. The van der Waals surface area contributed by atoms with Gasteiger partial charge in [-0.1, -0.05) is 13.0 Å². The molecule has 17 heavy (non-hydrogen) atoms. The van der Waals surface area contributed by atoms with Crippen LogP contribution in [0, 0.1) is 5.92 Å². The van der Waals surface area contributed by atoms with Gasteiger partial charge in [-0.3, -0.25) is 9.78 Å². The van der Waals surface area contributed by atoms with E-state index >= 15 is 0 Å². The van der Waals surface area contributed by atoms with E-state index in [9.17, 15) is 4.79 Å². The summed E-state index contributed by atoms with van der Waals surface area (Å²) >= 11 is 4.29. The van der Waals surface area contributed by atoms with E-state index in [-0.39, 0.29) is 11.9 Å². The molecule has 1 aliphatic heterocycles. The molecule has 1 fully saturated rings. The first-order valence-electron chi connectivity index (χ1n) is 6.06. The summed E-state index contributed by atoms with van der Waals surface area (Å²) in [6, 6.07) is 4.14. The van der Waals surface area contributed by atoms with Gasteiger partial charge in [-0.2, -0.15) is 12.6 Å². The molecule has 2 heterocycles. The minimum atomic E-state index is 0.168. The van der Waals surface area contributed by atoms with Gasteiger partial charge >= 0.3 is 0 Å². The Bertz CT molecular complexity index is 382. The second-order valence-electron chi connectivity index (χ2n) is 4.51. The minimum absolute atomic E-state index is 0.168. The summed E-state index contributed by atoms with van der Waals surface area (Å²) in [5.41, 5.74) is 1.13. The van der Waals surface area contributed by atoms with Crippen LogP contribution in [0.15, 0.2) is 24.5 Å². The van der Waals surface area contributed by atoms with Gasteiger partial charge in [-0.25, -0.2) is 0 Å². The molecule has 1 aromatic heterocycles. The lowest BCUT2D eigenvalue weighted by atomic mass is 10.1. The van der Waals surface area contributed by atoms with Gasteiger partial charge in [-0.05, 0) is 29.7 Å². The summed E-state index contributed by atoms with van der Waals surface area (Å²) in [6.07, 6.45) is 5.19. The minimum Gasteiger partial charge on any atom is -0.335 e. The van der Waals surface area contributed by atoms with Crippen molar-refractivity contribution in [1.82, 2.24) is 9.88 Å². The topological polar surface area (TPSA) is 33.2 Å². The smallest absolute Gasteiger partial charge is 0.223 e. The number of aromatic nitrogens is 1. The van der Waals surface area contributed by atoms with Gasteiger partial charge in [0.05, 0.1) is 6.04 Å². The molecule has 1 aliphatic rings. The molecule has 1 amide bonds. The molecule has 0 N–H and O–H groups in total. The Morgan fingerprint density at radius 3 is 3.00 bits per heavy atom. The maximum Gasteiger partial charge on any atom is 0.223 e. The lowest BCUT2D eigenvalue weighted by molar-refractivity contribution is -0.129. The summed E-state index contributed by atoms with van der Waals surface area (Å²) in [5.74, 6) is 1.43. The van der Waals surface area contributed by atoms with Gasteiger partial charge in [0.1, 0.15) is 0 Å². The molecule has 0 radical (unpaired) electrons. The van der Waals surface area contributed by atoms with Crippen LogP contribution in [0.1, 0.15) is 31.4 Å². The van der Waals surface area contributed by atoms with Crippen LogP contribution in [0.2, 0.25) is 0 Å². The quantitative estimate of drug-likeness (QED) is 0.832. The number of carbonyl (C=O) groups excluding carboxylic acids is 1. The zero-order valence-electron chi connectivity index (χ0n) is 10.0. The number of thiol groups is 1. The Morgan fingerprint density at radius 2 is 2.47 bits per heavy atom. The van der Waals surface area contributed by atoms with E-state index < -0.39 is 0 Å². The van der Waals surface area contributed by atoms with E-state index in [0.29, 0.717) is 12.3 Å². The van der Waals surface area contributed by atoms with Gasteiger partial charge in [0.2, 0.25) is 5.91 Å². The predicted molar refractivity (Wildman–Crippen MR) is 70.9 cm³/mol. The maximum absolute atomic E-state index is 12.0. The standard InChI is InChI=1S/C13H18N2OS/c1-2-12(11-4-3-5-14-7-11)15-8-10(9-17)6-13(15)16/h3-5,7,10,12,17H,2,6,8-9H2,1H3. The van der Waals surface area contributed by atoms with Crippen molar-refractivity contribution in [1.29, 1.82) is 0 Å². The molecular formula is C13H18N2OS. The number of hydrogen-bond acceptors (Lipinski definition) is 3. The van der Waals surface area contributed by atoms with Crippen LogP contribution in [-0.4, -0.2) is 28.1 Å². The molecule has 92 valence electrons. The number of hydrogen-bond donors (Lipinski definition) is 1. The highest BCUT2D eigenvalue weighted by molar-refractivity contribution is 7.80. The summed E-state index contributed by atoms with van der Waals surface area (Å²) < 4.78 is 0. The lowest BCUT2D eigenvalue weighted by Gasteiger charge is -2.27. The average molecular weight is 250 g/mol. The Labute approximate surface area is 108 Å². The highest BCUT2D eigenvalue weighted by Gasteiger charge is 2.33. The third kappa shape index (κ3) is 2.63. The Kier molecular flexibility index (Phi) is 4.05. The van der Waals surface area contributed by atoms with Crippen LogP contribution in [-0.2, 0) is 4.79 Å². The first-order valence-corrected chi connectivity index (χ1v) is 6.69. The molecule has 2 atom stereocenters. The number of rotatable bonds is 4. The number of amides is 1. The van der Waals surface area contributed by atoms with Crippen molar-refractivity contribution in [2.75, 3.05) is 12.3 Å². The lowest BCUT2D eigenvalue weighted by Crippen LogP contribution is -2.30. The highest BCUT2D eigenvalue weighted by Crippen LogP contribution is 2.30. The van der Waals surface area contributed by atoms with Crippen LogP contribution in [0.4, 0.5) is 0 Å². The molecular weight excluding hydrogens is 232 g/mol. The number of carbonyl (C=O) groups is 1. The number of pyridine rings is 1. The summed E-state index contributed by atoms with van der Waals surface area (Å²) in [7, 11) is 0. The Morgan fingerprint density at radius 1 is 1.65 bits per heavy atom. The van der Waals surface area contributed by atoms with Crippen molar-refractivity contribution in [3.8, 4) is 0 Å². The number of likely N-dealkylation sites (tertiary alicyclic amines) is 1. The third-order valence-corrected chi connectivity index (χ3v) is 3.85. The van der Waals surface area contributed by atoms with Crippen LogP contribution in [0.25, 0.3) is 0 Å². The summed E-state index contributed by atoms with van der Waals surface area (Å²) in [6.45, 7) is 2.94. The van der Waals surface area contributed by atoms with E-state index in [2.05, 4.69) is 24.5 Å². The molecule has 3 nitrogen and oxygen atoms in total. The van der Waals surface area contributed by atoms with Crippen LogP contribution in [0.3, 0.4) is 0 Å². The van der Waals surface area contributed by atoms with Crippen molar-refractivity contribution in [2.24, 2.45) is 5.92 Å². The molecule has 2 unspecified atom stereocenters. The second kappa shape index (κ2) is 5.54. The monoisotopic (exact) mass is 250 g/mol. The normalized spacial score (nSPS) is 21.9. The summed E-state index contributed by atoms with van der Waals surface area (Å²) in [4.78, 5) is 18.1. The molecule has 1 aromatic rings. The van der Waals surface area contributed by atoms with E-state index in [1.807, 2.05) is 23.2 Å². The van der Waals surface area contributed by atoms with Gasteiger partial charge in [-0.15, -0.1) is 0 Å². The van der Waals surface area contributed by atoms with E-state index in [4.69, 9.17) is 0 Å². The fourth-order valence-corrected chi connectivity index (χ4v) is 2.69. The first kappa shape index (κ1) is 12.4. The highest BCUT2D eigenvalue weighted by atomic mass is 32.1. The molecule has 2 rings (SSSR count). The summed E-state index contributed by atoms with van der Waals surface area (Å²) in [5, 5.41) is 0. The molecule has 0 saturated carbocycles. The largest absolute Gasteiger partial charge is 0.335 e. The SMILES string of the molecule is CCC(c1cccnc1)N1CC(CS)CC1=O. The first-order chi connectivity index (χ1) is 8.26. The van der Waals surface area contributed by atoms with Gasteiger partial charge in [0.25, 0.3) is 0 Å². The van der Waals surface area contributed by atoms with Crippen molar-refractivity contribution in [2.45, 2.75) is 25.8 Å². The zero-order valence-corrected chi connectivity index (χ0v) is 10.9. The van der Waals surface area contributed by atoms with Crippen molar-refractivity contribution in [3.63, 3.8) is 0 Å². The van der Waals surface area contributed by atoms with Crippen molar-refractivity contribution < 1.29 is 4.79 Å². The molecule has 1 saturated heterocycles. The molecule has 4 heteroatoms. The maximum atomic E-state index is 12.0. The van der Waals surface area contributed by atoms with E-state index in [1.54, 1.807) is 6.20 Å². The second-order valence-corrected chi connectivity index (χ2v) is 4.87.